The topological polar surface area (TPSA) is 37.3 Å². The number of allylic oxidation sites excluding steroid dienone is 1. The average Bonchev–Trinajstić information content (AvgIpc) is 2.94. The van der Waals surface area contributed by atoms with Crippen molar-refractivity contribution < 1.29 is 9.90 Å². The normalized spacial score (nSPS) is 45.2. The Kier molecular flexibility index (Phi) is 3.88. The number of carboxylic acids is 1. The maximum atomic E-state index is 12.0. The van der Waals surface area contributed by atoms with E-state index < -0.39 is 11.4 Å². The van der Waals surface area contributed by atoms with Crippen molar-refractivity contribution in [3.63, 3.8) is 0 Å². The van der Waals surface area contributed by atoms with Crippen molar-refractivity contribution >= 4 is 29.5 Å². The minimum Gasteiger partial charge on any atom is -0.481 e. The standard InChI is InChI=1S/C19H28O2S2/c1-17-7-3-8-18(2,16(20)21)15(17)5-4-13-12-19(9-6-14(13)17)22-10-11-23-19/h12,14-15H,3-11H2,1-2H3,(H,20,21)/t14?,15-,17?,18+/m0/s1. The molecule has 1 aliphatic heterocycles. The molecule has 3 aliphatic carbocycles. The molecule has 0 radical (unpaired) electrons. The van der Waals surface area contributed by atoms with E-state index in [-0.39, 0.29) is 5.41 Å². The van der Waals surface area contributed by atoms with Gasteiger partial charge in [-0.25, -0.2) is 0 Å². The highest BCUT2D eigenvalue weighted by Gasteiger charge is 2.58. The number of hydrogen-bond donors (Lipinski definition) is 1. The molecule has 0 amide bonds. The van der Waals surface area contributed by atoms with Crippen LogP contribution in [0.3, 0.4) is 0 Å². The highest BCUT2D eigenvalue weighted by Crippen LogP contribution is 2.65. The van der Waals surface area contributed by atoms with Gasteiger partial charge in [0.25, 0.3) is 0 Å². The van der Waals surface area contributed by atoms with Gasteiger partial charge in [-0.05, 0) is 62.7 Å². The van der Waals surface area contributed by atoms with Crippen molar-refractivity contribution in [2.24, 2.45) is 22.7 Å². The van der Waals surface area contributed by atoms with Crippen molar-refractivity contribution in [1.82, 2.24) is 0 Å². The summed E-state index contributed by atoms with van der Waals surface area (Å²) in [5.74, 6) is 3.00. The van der Waals surface area contributed by atoms with E-state index in [2.05, 4.69) is 36.5 Å². The lowest BCUT2D eigenvalue weighted by molar-refractivity contribution is -0.164. The zero-order chi connectivity index (χ0) is 16.3. The van der Waals surface area contributed by atoms with E-state index in [1.807, 2.05) is 6.92 Å². The number of aliphatic carboxylic acids is 1. The second kappa shape index (κ2) is 5.45. The van der Waals surface area contributed by atoms with Crippen LogP contribution < -0.4 is 0 Å². The first-order chi connectivity index (χ1) is 10.9. The predicted octanol–water partition coefficient (Wildman–Crippen LogP) is 5.19. The molecule has 0 aromatic heterocycles. The third-order valence-corrected chi connectivity index (χ3v) is 10.8. The molecule has 0 aromatic carbocycles. The molecule has 1 N–H and O–H groups in total. The Morgan fingerprint density at radius 2 is 1.91 bits per heavy atom. The molecule has 2 saturated carbocycles. The SMILES string of the molecule is CC12CCC[C@@](C)(C(=O)O)[C@H]1CCC1=CC3(CCC12)SCCS3. The van der Waals surface area contributed by atoms with Gasteiger partial charge in [0.05, 0.1) is 9.49 Å². The van der Waals surface area contributed by atoms with Crippen LogP contribution in [0.25, 0.3) is 0 Å². The molecule has 4 atom stereocenters. The van der Waals surface area contributed by atoms with Gasteiger partial charge in [0.1, 0.15) is 0 Å². The summed E-state index contributed by atoms with van der Waals surface area (Å²) < 4.78 is 0.361. The quantitative estimate of drug-likeness (QED) is 0.659. The van der Waals surface area contributed by atoms with E-state index in [9.17, 15) is 9.90 Å². The van der Waals surface area contributed by atoms with Crippen LogP contribution in [0.2, 0.25) is 0 Å². The van der Waals surface area contributed by atoms with Crippen LogP contribution in [-0.2, 0) is 4.79 Å². The average molecular weight is 353 g/mol. The number of hydrogen-bond acceptors (Lipinski definition) is 3. The minimum atomic E-state index is -0.560. The van der Waals surface area contributed by atoms with Crippen LogP contribution >= 0.6 is 23.5 Å². The zero-order valence-electron chi connectivity index (χ0n) is 14.3. The molecule has 1 saturated heterocycles. The first-order valence-electron chi connectivity index (χ1n) is 9.13. The van der Waals surface area contributed by atoms with Crippen LogP contribution in [0.5, 0.6) is 0 Å². The molecule has 0 bridgehead atoms. The van der Waals surface area contributed by atoms with Gasteiger partial charge in [0.15, 0.2) is 0 Å². The van der Waals surface area contributed by atoms with E-state index in [0.717, 1.165) is 25.7 Å². The Morgan fingerprint density at radius 3 is 2.61 bits per heavy atom. The summed E-state index contributed by atoms with van der Waals surface area (Å²) in [6.07, 6.45) is 10.5. The minimum absolute atomic E-state index is 0.199. The Hall–Kier alpha value is -0.0900. The zero-order valence-corrected chi connectivity index (χ0v) is 15.9. The summed E-state index contributed by atoms with van der Waals surface area (Å²) >= 11 is 4.29. The summed E-state index contributed by atoms with van der Waals surface area (Å²) in [7, 11) is 0. The van der Waals surface area contributed by atoms with E-state index in [1.54, 1.807) is 5.57 Å². The van der Waals surface area contributed by atoms with E-state index >= 15 is 0 Å². The van der Waals surface area contributed by atoms with Crippen LogP contribution in [0.1, 0.15) is 58.8 Å². The lowest BCUT2D eigenvalue weighted by Crippen LogP contribution is -2.54. The van der Waals surface area contributed by atoms with Crippen molar-refractivity contribution in [1.29, 1.82) is 0 Å². The molecule has 3 fully saturated rings. The highest BCUT2D eigenvalue weighted by atomic mass is 32.2. The Labute approximate surface area is 148 Å². The fourth-order valence-electron chi connectivity index (χ4n) is 6.23. The van der Waals surface area contributed by atoms with Gasteiger partial charge >= 0.3 is 5.97 Å². The van der Waals surface area contributed by atoms with Crippen LogP contribution in [0, 0.1) is 22.7 Å². The van der Waals surface area contributed by atoms with Gasteiger partial charge in [0, 0.05) is 11.5 Å². The van der Waals surface area contributed by atoms with Crippen molar-refractivity contribution in [2.45, 2.75) is 62.9 Å². The lowest BCUT2D eigenvalue weighted by Gasteiger charge is -2.59. The van der Waals surface area contributed by atoms with E-state index in [4.69, 9.17) is 0 Å². The highest BCUT2D eigenvalue weighted by molar-refractivity contribution is 8.21. The number of carboxylic acid groups (broad SMARTS) is 1. The lowest BCUT2D eigenvalue weighted by atomic mass is 9.46. The first kappa shape index (κ1) is 16.4. The van der Waals surface area contributed by atoms with E-state index in [1.165, 1.54) is 30.8 Å². The molecule has 0 aromatic rings. The number of thioether (sulfide) groups is 2. The molecule has 4 heteroatoms. The van der Waals surface area contributed by atoms with Crippen molar-refractivity contribution in [2.75, 3.05) is 11.5 Å². The molecule has 1 heterocycles. The maximum Gasteiger partial charge on any atom is 0.309 e. The molecule has 2 unspecified atom stereocenters. The Bertz CT molecular complexity index is 552. The van der Waals surface area contributed by atoms with Crippen LogP contribution in [0.15, 0.2) is 11.6 Å². The Morgan fingerprint density at radius 1 is 1.17 bits per heavy atom. The molecular weight excluding hydrogens is 324 g/mol. The number of fused-ring (bicyclic) bond motifs is 3. The summed E-state index contributed by atoms with van der Waals surface area (Å²) in [5, 5.41) is 9.89. The molecule has 128 valence electrons. The van der Waals surface area contributed by atoms with Gasteiger partial charge in [-0.2, -0.15) is 0 Å². The summed E-state index contributed by atoms with van der Waals surface area (Å²) in [4.78, 5) is 12.0. The fraction of sp³-hybridized carbons (Fsp3) is 0.842. The third-order valence-electron chi connectivity index (χ3n) is 7.39. The predicted molar refractivity (Wildman–Crippen MR) is 98.9 cm³/mol. The third kappa shape index (κ3) is 2.34. The van der Waals surface area contributed by atoms with Gasteiger partial charge in [-0.1, -0.05) is 25.0 Å². The second-order valence-corrected chi connectivity index (χ2v) is 11.6. The van der Waals surface area contributed by atoms with Crippen molar-refractivity contribution in [3.8, 4) is 0 Å². The fourth-order valence-corrected chi connectivity index (χ4v) is 9.41. The summed E-state index contributed by atoms with van der Waals surface area (Å²) in [5.41, 5.74) is 1.36. The molecule has 4 aliphatic rings. The molecule has 23 heavy (non-hydrogen) atoms. The monoisotopic (exact) mass is 352 g/mol. The molecule has 4 rings (SSSR count). The molecule has 2 nitrogen and oxygen atoms in total. The first-order valence-corrected chi connectivity index (χ1v) is 11.1. The van der Waals surface area contributed by atoms with Gasteiger partial charge in [-0.3, -0.25) is 4.79 Å². The van der Waals surface area contributed by atoms with Gasteiger partial charge in [0.2, 0.25) is 0 Å². The molecular formula is C19H28O2S2. The number of rotatable bonds is 1. The summed E-state index contributed by atoms with van der Waals surface area (Å²) in [6.45, 7) is 4.45. The van der Waals surface area contributed by atoms with Crippen molar-refractivity contribution in [3.05, 3.63) is 11.6 Å². The Balaban J connectivity index is 1.69. The second-order valence-electron chi connectivity index (χ2n) is 8.49. The van der Waals surface area contributed by atoms with Gasteiger partial charge < -0.3 is 5.11 Å². The smallest absolute Gasteiger partial charge is 0.309 e. The van der Waals surface area contributed by atoms with Crippen LogP contribution in [-0.4, -0.2) is 26.7 Å². The summed E-state index contributed by atoms with van der Waals surface area (Å²) in [6, 6.07) is 0. The largest absolute Gasteiger partial charge is 0.481 e. The van der Waals surface area contributed by atoms with Crippen LogP contribution in [0.4, 0.5) is 0 Å². The maximum absolute atomic E-state index is 12.0. The molecule has 1 spiro atoms. The van der Waals surface area contributed by atoms with E-state index in [0.29, 0.717) is 15.9 Å². The van der Waals surface area contributed by atoms with Gasteiger partial charge in [-0.15, -0.1) is 23.5 Å². The number of carbonyl (C=O) groups is 1.